The lowest BCUT2D eigenvalue weighted by Gasteiger charge is -2.07. The molecule has 0 spiro atoms. The molecule has 13 heavy (non-hydrogen) atoms. The first-order valence-electron chi connectivity index (χ1n) is 4.00. The third kappa shape index (κ3) is 3.34. The minimum atomic E-state index is 0.587. The molecule has 0 aliphatic carbocycles. The Morgan fingerprint density at radius 1 is 1.31 bits per heavy atom. The molecule has 1 aromatic rings. The lowest BCUT2D eigenvalue weighted by Crippen LogP contribution is -2.17. The first kappa shape index (κ1) is 9.86. The van der Waals surface area contributed by atoms with Crippen molar-refractivity contribution in [3.8, 4) is 0 Å². The number of hydrogen-bond donors (Lipinski definition) is 0. The lowest BCUT2D eigenvalue weighted by atomic mass is 10.2. The Morgan fingerprint density at radius 2 is 1.92 bits per heavy atom. The monoisotopic (exact) mass is 192 g/mol. The SMILES string of the molecule is CN(C)C(=S)/N=C/c1ccccc1. The van der Waals surface area contributed by atoms with Gasteiger partial charge < -0.3 is 4.90 Å². The predicted molar refractivity (Wildman–Crippen MR) is 60.3 cm³/mol. The van der Waals surface area contributed by atoms with Crippen LogP contribution >= 0.6 is 12.2 Å². The Hall–Kier alpha value is -1.22. The van der Waals surface area contributed by atoms with Crippen LogP contribution < -0.4 is 0 Å². The smallest absolute Gasteiger partial charge is 0.194 e. The average Bonchev–Trinajstić information content (AvgIpc) is 2.15. The van der Waals surface area contributed by atoms with E-state index in [9.17, 15) is 0 Å². The van der Waals surface area contributed by atoms with E-state index < -0.39 is 0 Å². The third-order valence-corrected chi connectivity index (χ3v) is 1.98. The van der Waals surface area contributed by atoms with E-state index >= 15 is 0 Å². The van der Waals surface area contributed by atoms with Gasteiger partial charge in [-0.2, -0.15) is 0 Å². The minimum absolute atomic E-state index is 0.587. The highest BCUT2D eigenvalue weighted by atomic mass is 32.1. The zero-order valence-corrected chi connectivity index (χ0v) is 8.58. The molecule has 2 nitrogen and oxygen atoms in total. The Balaban J connectivity index is 2.64. The van der Waals surface area contributed by atoms with Gasteiger partial charge in [0.15, 0.2) is 5.11 Å². The van der Waals surface area contributed by atoms with Crippen LogP contribution in [0.2, 0.25) is 0 Å². The van der Waals surface area contributed by atoms with Crippen molar-refractivity contribution in [2.75, 3.05) is 14.1 Å². The van der Waals surface area contributed by atoms with E-state index in [0.29, 0.717) is 5.11 Å². The summed E-state index contributed by atoms with van der Waals surface area (Å²) in [6.07, 6.45) is 1.77. The van der Waals surface area contributed by atoms with E-state index in [0.717, 1.165) is 5.56 Å². The zero-order valence-electron chi connectivity index (χ0n) is 7.77. The highest BCUT2D eigenvalue weighted by molar-refractivity contribution is 7.80. The summed E-state index contributed by atoms with van der Waals surface area (Å²) in [5.74, 6) is 0. The van der Waals surface area contributed by atoms with Crippen LogP contribution in [0.5, 0.6) is 0 Å². The Labute approximate surface area is 83.9 Å². The summed E-state index contributed by atoms with van der Waals surface area (Å²) >= 11 is 5.01. The molecule has 0 unspecified atom stereocenters. The van der Waals surface area contributed by atoms with Crippen molar-refractivity contribution < 1.29 is 0 Å². The standard InChI is InChI=1S/C10H12N2S/c1-12(2)10(13)11-8-9-6-4-3-5-7-9/h3-8H,1-2H3/b11-8+. The molecule has 1 rings (SSSR count). The molecule has 0 atom stereocenters. The van der Waals surface area contributed by atoms with Crippen LogP contribution in [0.3, 0.4) is 0 Å². The van der Waals surface area contributed by atoms with Crippen molar-refractivity contribution in [2.24, 2.45) is 4.99 Å². The fourth-order valence-electron chi connectivity index (χ4n) is 0.784. The Morgan fingerprint density at radius 3 is 2.46 bits per heavy atom. The maximum atomic E-state index is 5.01. The van der Waals surface area contributed by atoms with Crippen molar-refractivity contribution >= 4 is 23.5 Å². The predicted octanol–water partition coefficient (Wildman–Crippen LogP) is 1.95. The Kier molecular flexibility index (Phi) is 3.58. The van der Waals surface area contributed by atoms with Crippen molar-refractivity contribution in [2.45, 2.75) is 0 Å². The summed E-state index contributed by atoms with van der Waals surface area (Å²) < 4.78 is 0. The summed E-state index contributed by atoms with van der Waals surface area (Å²) in [6.45, 7) is 0. The summed E-state index contributed by atoms with van der Waals surface area (Å²) in [7, 11) is 3.76. The first-order chi connectivity index (χ1) is 6.20. The molecule has 0 N–H and O–H groups in total. The third-order valence-electron chi connectivity index (χ3n) is 1.51. The zero-order chi connectivity index (χ0) is 9.68. The van der Waals surface area contributed by atoms with Gasteiger partial charge in [0.25, 0.3) is 0 Å². The number of thiocarbonyl (C=S) groups is 1. The molecule has 1 aromatic carbocycles. The van der Waals surface area contributed by atoms with Crippen LogP contribution in [0.25, 0.3) is 0 Å². The van der Waals surface area contributed by atoms with Crippen molar-refractivity contribution in [1.82, 2.24) is 4.90 Å². The van der Waals surface area contributed by atoms with Gasteiger partial charge in [-0.25, -0.2) is 4.99 Å². The number of benzene rings is 1. The topological polar surface area (TPSA) is 15.6 Å². The fraction of sp³-hybridized carbons (Fsp3) is 0.200. The molecule has 68 valence electrons. The average molecular weight is 192 g/mol. The molecule has 0 aliphatic heterocycles. The van der Waals surface area contributed by atoms with Gasteiger partial charge in [-0.15, -0.1) is 0 Å². The molecule has 0 saturated carbocycles. The van der Waals surface area contributed by atoms with Crippen LogP contribution in [0.15, 0.2) is 35.3 Å². The fourth-order valence-corrected chi connectivity index (χ4v) is 0.837. The molecule has 0 radical (unpaired) electrons. The highest BCUT2D eigenvalue weighted by Crippen LogP contribution is 1.95. The minimum Gasteiger partial charge on any atom is -0.354 e. The van der Waals surface area contributed by atoms with Crippen LogP contribution in [0.1, 0.15) is 5.56 Å². The molecule has 0 amide bonds. The molecule has 0 bridgehead atoms. The van der Waals surface area contributed by atoms with Gasteiger partial charge in [-0.1, -0.05) is 30.3 Å². The van der Waals surface area contributed by atoms with E-state index in [2.05, 4.69) is 4.99 Å². The maximum Gasteiger partial charge on any atom is 0.194 e. The van der Waals surface area contributed by atoms with Crippen LogP contribution in [-0.4, -0.2) is 30.3 Å². The molecular weight excluding hydrogens is 180 g/mol. The van der Waals surface area contributed by atoms with E-state index in [1.165, 1.54) is 0 Å². The van der Waals surface area contributed by atoms with Gasteiger partial charge >= 0.3 is 0 Å². The van der Waals surface area contributed by atoms with Gasteiger partial charge in [0, 0.05) is 20.3 Å². The van der Waals surface area contributed by atoms with Crippen LogP contribution in [0.4, 0.5) is 0 Å². The van der Waals surface area contributed by atoms with E-state index in [-0.39, 0.29) is 0 Å². The number of hydrogen-bond acceptors (Lipinski definition) is 1. The maximum absolute atomic E-state index is 5.01. The van der Waals surface area contributed by atoms with Crippen molar-refractivity contribution in [3.05, 3.63) is 35.9 Å². The second-order valence-corrected chi connectivity index (χ2v) is 3.21. The van der Waals surface area contributed by atoms with Gasteiger partial charge in [0.05, 0.1) is 0 Å². The van der Waals surface area contributed by atoms with Crippen molar-refractivity contribution in [1.29, 1.82) is 0 Å². The summed E-state index contributed by atoms with van der Waals surface area (Å²) in [5.41, 5.74) is 1.06. The first-order valence-corrected chi connectivity index (χ1v) is 4.41. The molecule has 0 heterocycles. The molecule has 0 fully saturated rings. The summed E-state index contributed by atoms with van der Waals surface area (Å²) in [4.78, 5) is 5.93. The normalized spacial score (nSPS) is 10.3. The second kappa shape index (κ2) is 4.72. The lowest BCUT2D eigenvalue weighted by molar-refractivity contribution is 0.629. The highest BCUT2D eigenvalue weighted by Gasteiger charge is 1.92. The van der Waals surface area contributed by atoms with Gasteiger partial charge in [-0.3, -0.25) is 0 Å². The van der Waals surface area contributed by atoms with Crippen LogP contribution in [-0.2, 0) is 0 Å². The number of aliphatic imine (C=N–C) groups is 1. The second-order valence-electron chi connectivity index (χ2n) is 2.85. The Bertz CT molecular complexity index is 304. The van der Waals surface area contributed by atoms with E-state index in [1.54, 1.807) is 11.1 Å². The summed E-state index contributed by atoms with van der Waals surface area (Å²) in [6, 6.07) is 9.89. The molecule has 0 aliphatic rings. The summed E-state index contributed by atoms with van der Waals surface area (Å²) in [5, 5.41) is 0.587. The van der Waals surface area contributed by atoms with Gasteiger partial charge in [-0.05, 0) is 17.8 Å². The van der Waals surface area contributed by atoms with Gasteiger partial charge in [0.2, 0.25) is 0 Å². The van der Waals surface area contributed by atoms with Crippen molar-refractivity contribution in [3.63, 3.8) is 0 Å². The molecular formula is C10H12N2S. The quantitative estimate of drug-likeness (QED) is 0.499. The molecule has 0 aromatic heterocycles. The molecule has 0 saturated heterocycles. The largest absolute Gasteiger partial charge is 0.354 e. The van der Waals surface area contributed by atoms with E-state index in [4.69, 9.17) is 12.2 Å². The van der Waals surface area contributed by atoms with Crippen LogP contribution in [0, 0.1) is 0 Å². The van der Waals surface area contributed by atoms with E-state index in [1.807, 2.05) is 44.4 Å². The van der Waals surface area contributed by atoms with Gasteiger partial charge in [0.1, 0.15) is 0 Å². The molecule has 3 heteroatoms. The number of rotatable bonds is 1. The number of nitrogens with zero attached hydrogens (tertiary/aromatic N) is 2.